The summed E-state index contributed by atoms with van der Waals surface area (Å²) in [5, 5.41) is 10.3. The second-order valence-electron chi connectivity index (χ2n) is 5.29. The number of aryl methyl sites for hydroxylation is 1. The molecule has 2 aromatic rings. The normalized spacial score (nSPS) is 19.0. The number of rotatable bonds is 3. The predicted octanol–water partition coefficient (Wildman–Crippen LogP) is 1.57. The number of aromatic amines is 1. The summed E-state index contributed by atoms with van der Waals surface area (Å²) in [4.78, 5) is 17.9. The molecular weight excluding hydrogens is 294 g/mol. The minimum Gasteiger partial charge on any atom is -0.369 e. The molecule has 7 nitrogen and oxygen atoms in total. The Morgan fingerprint density at radius 3 is 3.19 bits per heavy atom. The Bertz CT molecular complexity index is 683. The van der Waals surface area contributed by atoms with E-state index in [0.29, 0.717) is 17.5 Å². The molecule has 0 unspecified atom stereocenters. The fourth-order valence-electron chi connectivity index (χ4n) is 2.73. The van der Waals surface area contributed by atoms with Crippen LogP contribution >= 0.6 is 11.6 Å². The van der Waals surface area contributed by atoms with E-state index in [0.717, 1.165) is 38.2 Å². The maximum Gasteiger partial charge on any atom is 0.285 e. The monoisotopic (exact) mass is 309 g/mol. The number of nitrogens with one attached hydrogen (secondary N) is 1. The molecule has 2 aromatic heterocycles. The van der Waals surface area contributed by atoms with Gasteiger partial charge in [-0.15, -0.1) is 0 Å². The molecule has 0 amide bonds. The first-order chi connectivity index (χ1) is 10.1. The van der Waals surface area contributed by atoms with Crippen molar-refractivity contribution < 1.29 is 4.52 Å². The average molecular weight is 310 g/mol. The number of H-pyrrole nitrogens is 1. The fourth-order valence-corrected chi connectivity index (χ4v) is 2.94. The molecule has 0 aromatic carbocycles. The van der Waals surface area contributed by atoms with Gasteiger partial charge in [-0.1, -0.05) is 16.8 Å². The van der Waals surface area contributed by atoms with Gasteiger partial charge < -0.3 is 9.42 Å². The molecule has 3 rings (SSSR count). The molecule has 1 N–H and O–H groups in total. The molecule has 0 saturated carbocycles. The summed E-state index contributed by atoms with van der Waals surface area (Å²) in [7, 11) is 0. The molecule has 0 aliphatic carbocycles. The molecule has 1 aliphatic rings. The topological polar surface area (TPSA) is 87.9 Å². The summed E-state index contributed by atoms with van der Waals surface area (Å²) >= 11 is 6.07. The Hall–Kier alpha value is -1.89. The number of piperidine rings is 1. The summed E-state index contributed by atoms with van der Waals surface area (Å²) in [5.74, 6) is 1.72. The van der Waals surface area contributed by atoms with E-state index in [4.69, 9.17) is 16.1 Å². The van der Waals surface area contributed by atoms with Crippen molar-refractivity contribution >= 4 is 17.3 Å². The summed E-state index contributed by atoms with van der Waals surface area (Å²) in [6, 6.07) is 0. The van der Waals surface area contributed by atoms with Gasteiger partial charge in [0.1, 0.15) is 5.02 Å². The predicted molar refractivity (Wildman–Crippen MR) is 77.5 cm³/mol. The number of nitrogens with zero attached hydrogens (tertiary/aromatic N) is 4. The van der Waals surface area contributed by atoms with Crippen LogP contribution in [0.3, 0.4) is 0 Å². The molecule has 3 heterocycles. The van der Waals surface area contributed by atoms with Crippen molar-refractivity contribution in [2.24, 2.45) is 5.92 Å². The first kappa shape index (κ1) is 14.1. The Morgan fingerprint density at radius 1 is 1.57 bits per heavy atom. The Kier molecular flexibility index (Phi) is 3.92. The number of halogens is 1. The van der Waals surface area contributed by atoms with Crippen LogP contribution in [0.25, 0.3) is 0 Å². The highest BCUT2D eigenvalue weighted by atomic mass is 35.5. The third-order valence-corrected chi connectivity index (χ3v) is 4.04. The van der Waals surface area contributed by atoms with Crippen LogP contribution in [0.15, 0.2) is 15.5 Å². The first-order valence-electron chi connectivity index (χ1n) is 6.91. The van der Waals surface area contributed by atoms with E-state index in [2.05, 4.69) is 25.2 Å². The third-order valence-electron chi connectivity index (χ3n) is 3.68. The number of hydrogen-bond acceptors (Lipinski definition) is 6. The first-order valence-corrected chi connectivity index (χ1v) is 7.28. The molecular formula is C13H16ClN5O2. The van der Waals surface area contributed by atoms with Crippen molar-refractivity contribution in [1.29, 1.82) is 0 Å². The molecule has 0 bridgehead atoms. The average Bonchev–Trinajstić information content (AvgIpc) is 2.87. The second-order valence-corrected chi connectivity index (χ2v) is 5.66. The Labute approximate surface area is 126 Å². The maximum atomic E-state index is 11.5. The second kappa shape index (κ2) is 5.85. The lowest BCUT2D eigenvalue weighted by Crippen LogP contribution is -2.37. The van der Waals surface area contributed by atoms with Gasteiger partial charge in [0.15, 0.2) is 5.82 Å². The number of anilines is 1. The van der Waals surface area contributed by atoms with Crippen molar-refractivity contribution in [3.63, 3.8) is 0 Å². The zero-order valence-corrected chi connectivity index (χ0v) is 12.4. The highest BCUT2D eigenvalue weighted by Gasteiger charge is 2.24. The molecule has 1 atom stereocenters. The summed E-state index contributed by atoms with van der Waals surface area (Å²) in [6.45, 7) is 3.45. The van der Waals surface area contributed by atoms with E-state index in [1.165, 1.54) is 0 Å². The summed E-state index contributed by atoms with van der Waals surface area (Å²) in [5.41, 5.74) is 0.333. The van der Waals surface area contributed by atoms with Gasteiger partial charge in [0.05, 0.1) is 11.9 Å². The van der Waals surface area contributed by atoms with E-state index in [-0.39, 0.29) is 10.6 Å². The van der Waals surface area contributed by atoms with Crippen molar-refractivity contribution in [3.05, 3.63) is 33.3 Å². The van der Waals surface area contributed by atoms with Gasteiger partial charge in [0.25, 0.3) is 5.56 Å². The summed E-state index contributed by atoms with van der Waals surface area (Å²) in [6.07, 6.45) is 4.50. The molecule has 8 heteroatoms. The molecule has 1 fully saturated rings. The Balaban J connectivity index is 1.73. The molecule has 0 radical (unpaired) electrons. The van der Waals surface area contributed by atoms with E-state index in [1.807, 2.05) is 0 Å². The van der Waals surface area contributed by atoms with Crippen LogP contribution in [0, 0.1) is 12.8 Å². The standard InChI is InChI=1S/C13H16ClN5O2/c1-8-16-11(18-21-8)5-9-3-2-4-19(7-9)10-6-15-17-13(20)12(10)14/h6,9H,2-5,7H2,1H3,(H,17,20)/t9-/m0/s1. The molecule has 1 aliphatic heterocycles. The van der Waals surface area contributed by atoms with Gasteiger partial charge >= 0.3 is 0 Å². The third kappa shape index (κ3) is 3.07. The van der Waals surface area contributed by atoms with E-state index >= 15 is 0 Å². The van der Waals surface area contributed by atoms with E-state index < -0.39 is 0 Å². The fraction of sp³-hybridized carbons (Fsp3) is 0.538. The molecule has 21 heavy (non-hydrogen) atoms. The largest absolute Gasteiger partial charge is 0.369 e. The van der Waals surface area contributed by atoms with Crippen molar-refractivity contribution in [2.45, 2.75) is 26.2 Å². The number of aromatic nitrogens is 4. The number of hydrogen-bond donors (Lipinski definition) is 1. The lowest BCUT2D eigenvalue weighted by Gasteiger charge is -2.33. The highest BCUT2D eigenvalue weighted by molar-refractivity contribution is 6.32. The van der Waals surface area contributed by atoms with Gasteiger partial charge in [0.2, 0.25) is 5.89 Å². The van der Waals surface area contributed by atoms with Crippen molar-refractivity contribution in [2.75, 3.05) is 18.0 Å². The van der Waals surface area contributed by atoms with Crippen LogP contribution in [0.4, 0.5) is 5.69 Å². The van der Waals surface area contributed by atoms with Crippen LogP contribution in [0.5, 0.6) is 0 Å². The lowest BCUT2D eigenvalue weighted by molar-refractivity contribution is 0.370. The minimum absolute atomic E-state index is 0.195. The van der Waals surface area contributed by atoms with Gasteiger partial charge in [-0.3, -0.25) is 4.79 Å². The van der Waals surface area contributed by atoms with E-state index in [9.17, 15) is 4.79 Å². The SMILES string of the molecule is Cc1nc(C[C@@H]2CCCN(c3cn[nH]c(=O)c3Cl)C2)no1. The van der Waals surface area contributed by atoms with Gasteiger partial charge in [0, 0.05) is 26.4 Å². The maximum absolute atomic E-state index is 11.5. The molecule has 112 valence electrons. The zero-order valence-electron chi connectivity index (χ0n) is 11.7. The van der Waals surface area contributed by atoms with Crippen LogP contribution < -0.4 is 10.5 Å². The van der Waals surface area contributed by atoms with Crippen LogP contribution in [0.1, 0.15) is 24.6 Å². The quantitative estimate of drug-likeness (QED) is 0.926. The van der Waals surface area contributed by atoms with Crippen LogP contribution in [-0.2, 0) is 6.42 Å². The van der Waals surface area contributed by atoms with Crippen molar-refractivity contribution in [1.82, 2.24) is 20.3 Å². The zero-order chi connectivity index (χ0) is 14.8. The highest BCUT2D eigenvalue weighted by Crippen LogP contribution is 2.27. The Morgan fingerprint density at radius 2 is 2.43 bits per heavy atom. The smallest absolute Gasteiger partial charge is 0.285 e. The van der Waals surface area contributed by atoms with Crippen LogP contribution in [-0.4, -0.2) is 33.4 Å². The summed E-state index contributed by atoms with van der Waals surface area (Å²) < 4.78 is 5.00. The van der Waals surface area contributed by atoms with Gasteiger partial charge in [-0.25, -0.2) is 5.10 Å². The minimum atomic E-state index is -0.356. The van der Waals surface area contributed by atoms with Gasteiger partial charge in [-0.2, -0.15) is 10.1 Å². The van der Waals surface area contributed by atoms with Crippen molar-refractivity contribution in [3.8, 4) is 0 Å². The van der Waals surface area contributed by atoms with Crippen LogP contribution in [0.2, 0.25) is 5.02 Å². The van der Waals surface area contributed by atoms with Gasteiger partial charge in [-0.05, 0) is 18.8 Å². The van der Waals surface area contributed by atoms with E-state index in [1.54, 1.807) is 13.1 Å². The molecule has 1 saturated heterocycles. The lowest BCUT2D eigenvalue weighted by atomic mass is 9.94. The molecule has 0 spiro atoms.